The lowest BCUT2D eigenvalue weighted by Gasteiger charge is -2.34. The highest BCUT2D eigenvalue weighted by molar-refractivity contribution is 5.74. The second-order valence-corrected chi connectivity index (χ2v) is 3.70. The molecule has 5 nitrogen and oxygen atoms in total. The number of hydrogen-bond acceptors (Lipinski definition) is 4. The summed E-state index contributed by atoms with van der Waals surface area (Å²) >= 11 is 0. The van der Waals surface area contributed by atoms with Crippen LogP contribution in [-0.4, -0.2) is 44.3 Å². The van der Waals surface area contributed by atoms with Crippen molar-refractivity contribution in [2.24, 2.45) is 5.41 Å². The summed E-state index contributed by atoms with van der Waals surface area (Å²) in [5.41, 5.74) is -0.913. The Morgan fingerprint density at radius 2 is 2.14 bits per heavy atom. The van der Waals surface area contributed by atoms with E-state index in [-0.39, 0.29) is 19.5 Å². The van der Waals surface area contributed by atoms with Gasteiger partial charge in [-0.25, -0.2) is 0 Å². The summed E-state index contributed by atoms with van der Waals surface area (Å²) < 4.78 is 15.4. The first-order valence-electron chi connectivity index (χ1n) is 4.54. The van der Waals surface area contributed by atoms with E-state index in [1.807, 2.05) is 0 Å². The Hall–Kier alpha value is -0.650. The van der Waals surface area contributed by atoms with Crippen molar-refractivity contribution < 1.29 is 24.1 Å². The molecule has 0 unspecified atom stereocenters. The molecule has 1 saturated heterocycles. The van der Waals surface area contributed by atoms with Gasteiger partial charge in [0.15, 0.2) is 6.29 Å². The third kappa shape index (κ3) is 2.67. The molecule has 0 aromatic heterocycles. The van der Waals surface area contributed by atoms with E-state index in [1.54, 1.807) is 14.0 Å². The molecule has 0 spiro atoms. The molecule has 82 valence electrons. The highest BCUT2D eigenvalue weighted by Crippen LogP contribution is 2.25. The molecule has 1 rings (SSSR count). The minimum Gasteiger partial charge on any atom is -0.481 e. The van der Waals surface area contributed by atoms with Crippen LogP contribution in [0, 0.1) is 5.41 Å². The van der Waals surface area contributed by atoms with Gasteiger partial charge in [0.2, 0.25) is 0 Å². The lowest BCUT2D eigenvalue weighted by atomic mass is 9.92. The second kappa shape index (κ2) is 4.72. The van der Waals surface area contributed by atoms with E-state index in [1.165, 1.54) is 0 Å². The van der Waals surface area contributed by atoms with Crippen LogP contribution in [0.25, 0.3) is 0 Å². The molecule has 0 aromatic rings. The molecule has 1 fully saturated rings. The topological polar surface area (TPSA) is 65.0 Å². The Balaban J connectivity index is 2.34. The molecule has 0 atom stereocenters. The van der Waals surface area contributed by atoms with Gasteiger partial charge in [0.1, 0.15) is 5.41 Å². The Bertz CT molecular complexity index is 195. The Morgan fingerprint density at radius 1 is 1.57 bits per heavy atom. The van der Waals surface area contributed by atoms with Gasteiger partial charge in [-0.2, -0.15) is 0 Å². The van der Waals surface area contributed by atoms with E-state index in [4.69, 9.17) is 19.3 Å². The van der Waals surface area contributed by atoms with Crippen molar-refractivity contribution in [1.29, 1.82) is 0 Å². The summed E-state index contributed by atoms with van der Waals surface area (Å²) in [6.07, 6.45) is 0.300. The number of carboxylic acid groups (broad SMARTS) is 1. The molecule has 1 heterocycles. The van der Waals surface area contributed by atoms with Crippen molar-refractivity contribution >= 4 is 5.97 Å². The van der Waals surface area contributed by atoms with Crippen molar-refractivity contribution in [3.05, 3.63) is 0 Å². The zero-order chi connectivity index (χ0) is 10.6. The van der Waals surface area contributed by atoms with E-state index in [9.17, 15) is 4.79 Å². The first-order valence-corrected chi connectivity index (χ1v) is 4.54. The van der Waals surface area contributed by atoms with Crippen LogP contribution in [0.15, 0.2) is 0 Å². The van der Waals surface area contributed by atoms with Crippen LogP contribution in [0.3, 0.4) is 0 Å². The lowest BCUT2D eigenvalue weighted by molar-refractivity contribution is -0.234. The van der Waals surface area contributed by atoms with Gasteiger partial charge in [-0.1, -0.05) is 0 Å². The maximum Gasteiger partial charge on any atom is 0.314 e. The Morgan fingerprint density at radius 3 is 2.57 bits per heavy atom. The molecule has 1 N–H and O–H groups in total. The maximum atomic E-state index is 10.8. The minimum absolute atomic E-state index is 0.191. The number of ether oxygens (including phenoxy) is 3. The van der Waals surface area contributed by atoms with E-state index in [2.05, 4.69) is 0 Å². The molecular formula is C9H16O5. The third-order valence-electron chi connectivity index (χ3n) is 2.25. The SMILES string of the molecule is COCCC1OCC(C)(C(=O)O)CO1. The monoisotopic (exact) mass is 204 g/mol. The first-order chi connectivity index (χ1) is 6.58. The molecule has 14 heavy (non-hydrogen) atoms. The van der Waals surface area contributed by atoms with Crippen molar-refractivity contribution in [2.45, 2.75) is 19.6 Å². The standard InChI is InChI=1S/C9H16O5/c1-9(8(10)11)5-13-7(14-6-9)3-4-12-2/h7H,3-6H2,1-2H3,(H,10,11). The van der Waals surface area contributed by atoms with Gasteiger partial charge in [0, 0.05) is 13.5 Å². The predicted octanol–water partition coefficient (Wildman–Crippen LogP) is 0.487. The molecule has 0 saturated carbocycles. The van der Waals surface area contributed by atoms with Crippen LogP contribution in [0.4, 0.5) is 0 Å². The van der Waals surface area contributed by atoms with Gasteiger partial charge in [-0.05, 0) is 6.92 Å². The van der Waals surface area contributed by atoms with Gasteiger partial charge in [0.25, 0.3) is 0 Å². The van der Waals surface area contributed by atoms with E-state index < -0.39 is 11.4 Å². The molecule has 0 aromatic carbocycles. The van der Waals surface area contributed by atoms with E-state index in [0.29, 0.717) is 13.0 Å². The molecule has 0 aliphatic carbocycles. The Labute approximate surface area is 82.9 Å². The zero-order valence-electron chi connectivity index (χ0n) is 8.49. The number of rotatable bonds is 4. The van der Waals surface area contributed by atoms with Crippen LogP contribution in [0.1, 0.15) is 13.3 Å². The fourth-order valence-electron chi connectivity index (χ4n) is 1.15. The number of carboxylic acids is 1. The average molecular weight is 204 g/mol. The third-order valence-corrected chi connectivity index (χ3v) is 2.25. The predicted molar refractivity (Wildman–Crippen MR) is 47.9 cm³/mol. The molecule has 1 aliphatic rings. The van der Waals surface area contributed by atoms with Crippen molar-refractivity contribution in [2.75, 3.05) is 26.9 Å². The minimum atomic E-state index is -0.913. The van der Waals surface area contributed by atoms with Gasteiger partial charge in [-0.15, -0.1) is 0 Å². The van der Waals surface area contributed by atoms with Crippen LogP contribution in [0.5, 0.6) is 0 Å². The van der Waals surface area contributed by atoms with Gasteiger partial charge in [-0.3, -0.25) is 4.79 Å². The normalized spacial score (nSPS) is 32.9. The fraction of sp³-hybridized carbons (Fsp3) is 0.889. The number of methoxy groups -OCH3 is 1. The van der Waals surface area contributed by atoms with Crippen molar-refractivity contribution in [3.8, 4) is 0 Å². The summed E-state index contributed by atoms with van der Waals surface area (Å²) in [6, 6.07) is 0. The smallest absolute Gasteiger partial charge is 0.314 e. The summed E-state index contributed by atoms with van der Waals surface area (Å²) in [7, 11) is 1.60. The van der Waals surface area contributed by atoms with Crippen LogP contribution >= 0.6 is 0 Å². The van der Waals surface area contributed by atoms with Crippen molar-refractivity contribution in [1.82, 2.24) is 0 Å². The number of aliphatic carboxylic acids is 1. The second-order valence-electron chi connectivity index (χ2n) is 3.70. The van der Waals surface area contributed by atoms with Crippen LogP contribution in [0.2, 0.25) is 0 Å². The highest BCUT2D eigenvalue weighted by Gasteiger charge is 2.39. The van der Waals surface area contributed by atoms with E-state index in [0.717, 1.165) is 0 Å². The largest absolute Gasteiger partial charge is 0.481 e. The highest BCUT2D eigenvalue weighted by atomic mass is 16.7. The Kier molecular flexibility index (Phi) is 3.86. The van der Waals surface area contributed by atoms with Crippen LogP contribution < -0.4 is 0 Å². The molecule has 0 amide bonds. The van der Waals surface area contributed by atoms with Gasteiger partial charge >= 0.3 is 5.97 Å². The molecule has 0 bridgehead atoms. The maximum absolute atomic E-state index is 10.8. The molecule has 5 heteroatoms. The van der Waals surface area contributed by atoms with Gasteiger partial charge in [0.05, 0.1) is 19.8 Å². The first kappa shape index (κ1) is 11.4. The molecule has 0 radical (unpaired) electrons. The van der Waals surface area contributed by atoms with E-state index >= 15 is 0 Å². The van der Waals surface area contributed by atoms with Crippen molar-refractivity contribution in [3.63, 3.8) is 0 Å². The van der Waals surface area contributed by atoms with Gasteiger partial charge < -0.3 is 19.3 Å². The average Bonchev–Trinajstić information content (AvgIpc) is 2.17. The molecule has 1 aliphatic heterocycles. The number of hydrogen-bond donors (Lipinski definition) is 1. The quantitative estimate of drug-likeness (QED) is 0.721. The number of carbonyl (C=O) groups is 1. The lowest BCUT2D eigenvalue weighted by Crippen LogP contribution is -2.45. The zero-order valence-corrected chi connectivity index (χ0v) is 8.49. The summed E-state index contributed by atoms with van der Waals surface area (Å²) in [4.78, 5) is 10.8. The summed E-state index contributed by atoms with van der Waals surface area (Å²) in [6.45, 7) is 2.55. The fourth-order valence-corrected chi connectivity index (χ4v) is 1.15. The van der Waals surface area contributed by atoms with Crippen LogP contribution in [-0.2, 0) is 19.0 Å². The summed E-state index contributed by atoms with van der Waals surface area (Å²) in [5, 5.41) is 8.88. The summed E-state index contributed by atoms with van der Waals surface area (Å²) in [5.74, 6) is -0.886. The molecular weight excluding hydrogens is 188 g/mol.